The lowest BCUT2D eigenvalue weighted by atomic mass is 10.0. The Balaban J connectivity index is 3.20. The van der Waals surface area contributed by atoms with Crippen LogP contribution in [0.1, 0.15) is 50.9 Å². The molecule has 0 aliphatic carbocycles. The highest BCUT2D eigenvalue weighted by molar-refractivity contribution is 5.94. The van der Waals surface area contributed by atoms with E-state index in [1.165, 1.54) is 0 Å². The van der Waals surface area contributed by atoms with Crippen LogP contribution in [0.15, 0.2) is 24.3 Å². The zero-order valence-electron chi connectivity index (χ0n) is 12.4. The van der Waals surface area contributed by atoms with E-state index < -0.39 is 5.97 Å². The Hall–Kier alpha value is -1.51. The Bertz CT molecular complexity index is 411. The van der Waals surface area contributed by atoms with Crippen LogP contribution in [-0.2, 0) is 0 Å². The first-order valence-electron chi connectivity index (χ1n) is 7.10. The molecule has 3 heteroatoms. The van der Waals surface area contributed by atoms with Gasteiger partial charge in [0, 0.05) is 12.6 Å². The van der Waals surface area contributed by atoms with Crippen LogP contribution < -0.4 is 4.90 Å². The Morgan fingerprint density at radius 3 is 2.26 bits per heavy atom. The summed E-state index contributed by atoms with van der Waals surface area (Å²) in [6, 6.07) is 7.70. The van der Waals surface area contributed by atoms with Crippen LogP contribution in [0.3, 0.4) is 0 Å². The fraction of sp³-hybridized carbons (Fsp3) is 0.562. The van der Waals surface area contributed by atoms with Crippen molar-refractivity contribution >= 4 is 11.7 Å². The lowest BCUT2D eigenvalue weighted by Crippen LogP contribution is -2.38. The van der Waals surface area contributed by atoms with E-state index in [0.29, 0.717) is 17.5 Å². The van der Waals surface area contributed by atoms with E-state index in [4.69, 9.17) is 0 Å². The Kier molecular flexibility index (Phi) is 5.87. The van der Waals surface area contributed by atoms with Gasteiger partial charge in [-0.3, -0.25) is 0 Å². The molecule has 0 saturated carbocycles. The maximum Gasteiger partial charge on any atom is 0.337 e. The molecule has 1 rings (SSSR count). The second-order valence-electron chi connectivity index (χ2n) is 5.34. The second-order valence-corrected chi connectivity index (χ2v) is 5.34. The normalized spacial score (nSPS) is 11.1. The summed E-state index contributed by atoms with van der Waals surface area (Å²) in [5.74, 6) is -0.349. The molecule has 0 aliphatic heterocycles. The highest BCUT2D eigenvalue weighted by Gasteiger charge is 2.21. The summed E-state index contributed by atoms with van der Waals surface area (Å²) in [5.41, 5.74) is 1.24. The molecule has 0 amide bonds. The van der Waals surface area contributed by atoms with Crippen molar-refractivity contribution in [2.24, 2.45) is 5.92 Å². The summed E-state index contributed by atoms with van der Waals surface area (Å²) in [6.07, 6.45) is 2.05. The van der Waals surface area contributed by atoms with E-state index in [0.717, 1.165) is 25.1 Å². The first-order chi connectivity index (χ1) is 9.01. The van der Waals surface area contributed by atoms with Crippen LogP contribution in [0.4, 0.5) is 5.69 Å². The van der Waals surface area contributed by atoms with Gasteiger partial charge in [0.1, 0.15) is 0 Å². The SMILES string of the molecule is CCC(CC)N(CC(C)C)c1ccccc1C(=O)O. The third kappa shape index (κ3) is 3.98. The third-order valence-corrected chi connectivity index (χ3v) is 3.39. The highest BCUT2D eigenvalue weighted by atomic mass is 16.4. The van der Waals surface area contributed by atoms with Crippen LogP contribution in [0.2, 0.25) is 0 Å². The maximum atomic E-state index is 11.4. The van der Waals surface area contributed by atoms with E-state index in [9.17, 15) is 9.90 Å². The van der Waals surface area contributed by atoms with Gasteiger partial charge in [-0.15, -0.1) is 0 Å². The van der Waals surface area contributed by atoms with Gasteiger partial charge < -0.3 is 10.0 Å². The van der Waals surface area contributed by atoms with Crippen molar-refractivity contribution in [2.45, 2.75) is 46.6 Å². The third-order valence-electron chi connectivity index (χ3n) is 3.39. The first kappa shape index (κ1) is 15.5. The maximum absolute atomic E-state index is 11.4. The van der Waals surface area contributed by atoms with E-state index in [1.807, 2.05) is 12.1 Å². The predicted molar refractivity (Wildman–Crippen MR) is 80.0 cm³/mol. The van der Waals surface area contributed by atoms with Gasteiger partial charge >= 0.3 is 5.97 Å². The molecule has 0 atom stereocenters. The van der Waals surface area contributed by atoms with Gasteiger partial charge in [-0.05, 0) is 30.9 Å². The number of anilines is 1. The van der Waals surface area contributed by atoms with E-state index in [2.05, 4.69) is 32.6 Å². The van der Waals surface area contributed by atoms with Gasteiger partial charge in [0.25, 0.3) is 0 Å². The Labute approximate surface area is 116 Å². The summed E-state index contributed by atoms with van der Waals surface area (Å²) in [6.45, 7) is 9.53. The molecule has 1 aromatic rings. The minimum Gasteiger partial charge on any atom is -0.478 e. The molecule has 0 heterocycles. The quantitative estimate of drug-likeness (QED) is 0.807. The Morgan fingerprint density at radius 2 is 1.79 bits per heavy atom. The number of carboxylic acid groups (broad SMARTS) is 1. The smallest absolute Gasteiger partial charge is 0.337 e. The van der Waals surface area contributed by atoms with Gasteiger partial charge in [-0.2, -0.15) is 0 Å². The predicted octanol–water partition coefficient (Wildman–Crippen LogP) is 4.04. The minimum atomic E-state index is -0.852. The fourth-order valence-electron chi connectivity index (χ4n) is 2.47. The molecule has 1 N–H and O–H groups in total. The average Bonchev–Trinajstić information content (AvgIpc) is 2.38. The van der Waals surface area contributed by atoms with Crippen molar-refractivity contribution in [3.05, 3.63) is 29.8 Å². The number of nitrogens with zero attached hydrogens (tertiary/aromatic N) is 1. The number of carboxylic acids is 1. The van der Waals surface area contributed by atoms with E-state index in [-0.39, 0.29) is 0 Å². The summed E-state index contributed by atoms with van der Waals surface area (Å²) in [4.78, 5) is 13.6. The molecule has 0 radical (unpaired) electrons. The van der Waals surface area contributed by atoms with E-state index >= 15 is 0 Å². The number of hydrogen-bond acceptors (Lipinski definition) is 2. The molecule has 1 aromatic carbocycles. The molecule has 0 aliphatic rings. The van der Waals surface area contributed by atoms with E-state index in [1.54, 1.807) is 12.1 Å². The van der Waals surface area contributed by atoms with Crippen molar-refractivity contribution < 1.29 is 9.90 Å². The molecule has 0 bridgehead atoms. The lowest BCUT2D eigenvalue weighted by Gasteiger charge is -2.35. The van der Waals surface area contributed by atoms with Crippen LogP contribution in [0.5, 0.6) is 0 Å². The monoisotopic (exact) mass is 263 g/mol. The minimum absolute atomic E-state index is 0.392. The zero-order chi connectivity index (χ0) is 14.4. The van der Waals surface area contributed by atoms with Gasteiger partial charge in [0.2, 0.25) is 0 Å². The van der Waals surface area contributed by atoms with Crippen molar-refractivity contribution in [3.8, 4) is 0 Å². The van der Waals surface area contributed by atoms with Crippen LogP contribution in [0.25, 0.3) is 0 Å². The molecule has 0 aromatic heterocycles. The van der Waals surface area contributed by atoms with Crippen molar-refractivity contribution in [1.82, 2.24) is 0 Å². The molecular weight excluding hydrogens is 238 g/mol. The summed E-state index contributed by atoms with van der Waals surface area (Å²) >= 11 is 0. The number of aromatic carboxylic acids is 1. The van der Waals surface area contributed by atoms with Crippen molar-refractivity contribution in [2.75, 3.05) is 11.4 Å². The number of benzene rings is 1. The molecular formula is C16H25NO2. The van der Waals surface area contributed by atoms with Crippen LogP contribution in [-0.4, -0.2) is 23.7 Å². The largest absolute Gasteiger partial charge is 0.478 e. The van der Waals surface area contributed by atoms with Crippen molar-refractivity contribution in [1.29, 1.82) is 0 Å². The fourth-order valence-corrected chi connectivity index (χ4v) is 2.47. The molecule has 19 heavy (non-hydrogen) atoms. The lowest BCUT2D eigenvalue weighted by molar-refractivity contribution is 0.0697. The number of carbonyl (C=O) groups is 1. The first-order valence-corrected chi connectivity index (χ1v) is 7.10. The topological polar surface area (TPSA) is 40.5 Å². The zero-order valence-corrected chi connectivity index (χ0v) is 12.4. The number of para-hydroxylation sites is 1. The molecule has 106 valence electrons. The van der Waals surface area contributed by atoms with Gasteiger partial charge in [0.05, 0.1) is 11.3 Å². The molecule has 0 spiro atoms. The molecule has 0 fully saturated rings. The molecule has 0 unspecified atom stereocenters. The standard InChI is InChI=1S/C16H25NO2/c1-5-13(6-2)17(11-12(3)4)15-10-8-7-9-14(15)16(18)19/h7-10,12-13H,5-6,11H2,1-4H3,(H,18,19). The van der Waals surface area contributed by atoms with Crippen LogP contribution >= 0.6 is 0 Å². The summed E-state index contributed by atoms with van der Waals surface area (Å²) < 4.78 is 0. The number of rotatable bonds is 7. The summed E-state index contributed by atoms with van der Waals surface area (Å²) in [7, 11) is 0. The highest BCUT2D eigenvalue weighted by Crippen LogP contribution is 2.26. The molecule has 3 nitrogen and oxygen atoms in total. The van der Waals surface area contributed by atoms with Gasteiger partial charge in [-0.25, -0.2) is 4.79 Å². The molecule has 0 saturated heterocycles. The van der Waals surface area contributed by atoms with Gasteiger partial charge in [-0.1, -0.05) is 39.8 Å². The van der Waals surface area contributed by atoms with Crippen molar-refractivity contribution in [3.63, 3.8) is 0 Å². The summed E-state index contributed by atoms with van der Waals surface area (Å²) in [5, 5.41) is 9.35. The number of hydrogen-bond donors (Lipinski definition) is 1. The Morgan fingerprint density at radius 1 is 1.21 bits per heavy atom. The van der Waals surface area contributed by atoms with Crippen LogP contribution in [0, 0.1) is 5.92 Å². The average molecular weight is 263 g/mol. The second kappa shape index (κ2) is 7.17. The van der Waals surface area contributed by atoms with Gasteiger partial charge in [0.15, 0.2) is 0 Å².